The lowest BCUT2D eigenvalue weighted by Crippen LogP contribution is -2.12. The van der Waals surface area contributed by atoms with Gasteiger partial charge in [-0.3, -0.25) is 4.79 Å². The zero-order chi connectivity index (χ0) is 19.9. The van der Waals surface area contributed by atoms with E-state index in [2.05, 4.69) is 6.07 Å². The maximum atomic E-state index is 12.9. The van der Waals surface area contributed by atoms with Gasteiger partial charge in [0.05, 0.1) is 12.5 Å². The first-order valence-corrected chi connectivity index (χ1v) is 8.67. The molecular formula is C22H17FN2O3. The van der Waals surface area contributed by atoms with Crippen molar-refractivity contribution in [3.63, 3.8) is 0 Å². The molecular weight excluding hydrogens is 359 g/mol. The van der Waals surface area contributed by atoms with E-state index in [0.29, 0.717) is 13.0 Å². The molecule has 5 nitrogen and oxygen atoms in total. The van der Waals surface area contributed by atoms with E-state index >= 15 is 0 Å². The molecule has 1 heterocycles. The summed E-state index contributed by atoms with van der Waals surface area (Å²) >= 11 is 0. The summed E-state index contributed by atoms with van der Waals surface area (Å²) in [5.74, 6) is -1.50. The van der Waals surface area contributed by atoms with E-state index in [1.54, 1.807) is 6.08 Å². The number of hydrogen-bond donors (Lipinski definition) is 0. The smallest absolute Gasteiger partial charge is 0.331 e. The molecule has 1 aromatic heterocycles. The van der Waals surface area contributed by atoms with Gasteiger partial charge < -0.3 is 9.30 Å². The molecule has 0 aliphatic heterocycles. The molecule has 0 aliphatic rings. The van der Waals surface area contributed by atoms with Crippen molar-refractivity contribution in [3.8, 4) is 6.07 Å². The number of ketones is 1. The predicted octanol–water partition coefficient (Wildman–Crippen LogP) is 4.13. The lowest BCUT2D eigenvalue weighted by atomic mass is 10.1. The van der Waals surface area contributed by atoms with Crippen molar-refractivity contribution in [1.29, 1.82) is 5.26 Å². The number of nitriles is 1. The minimum absolute atomic E-state index is 0.277. The summed E-state index contributed by atoms with van der Waals surface area (Å²) in [4.78, 5) is 23.9. The summed E-state index contributed by atoms with van der Waals surface area (Å²) in [5.41, 5.74) is 2.06. The van der Waals surface area contributed by atoms with Crippen molar-refractivity contribution in [2.75, 3.05) is 6.61 Å². The van der Waals surface area contributed by atoms with Gasteiger partial charge in [-0.15, -0.1) is 0 Å². The van der Waals surface area contributed by atoms with Gasteiger partial charge >= 0.3 is 5.97 Å². The fourth-order valence-corrected chi connectivity index (χ4v) is 2.83. The van der Waals surface area contributed by atoms with E-state index in [9.17, 15) is 14.0 Å². The topological polar surface area (TPSA) is 72.1 Å². The first kappa shape index (κ1) is 19.1. The van der Waals surface area contributed by atoms with Crippen LogP contribution in [0.4, 0.5) is 4.39 Å². The van der Waals surface area contributed by atoms with Crippen LogP contribution in [0, 0.1) is 17.1 Å². The summed E-state index contributed by atoms with van der Waals surface area (Å²) < 4.78 is 19.8. The fraction of sp³-hybridized carbons (Fsp3) is 0.136. The molecule has 0 atom stereocenters. The average Bonchev–Trinajstić information content (AvgIpc) is 3.07. The SMILES string of the molecule is N#CCCn1cc(/C=C/C(=O)OCC(=O)c2ccc(F)cc2)c2ccccc21. The van der Waals surface area contributed by atoms with Crippen LogP contribution in [0.15, 0.2) is 60.8 Å². The number of para-hydroxylation sites is 1. The van der Waals surface area contributed by atoms with Crippen LogP contribution in [0.2, 0.25) is 0 Å². The van der Waals surface area contributed by atoms with Gasteiger partial charge in [-0.25, -0.2) is 9.18 Å². The van der Waals surface area contributed by atoms with Gasteiger partial charge in [0.2, 0.25) is 0 Å². The molecule has 2 aromatic carbocycles. The number of Topliss-reactive ketones (excluding diaryl/α,β-unsaturated/α-hetero) is 1. The second-order valence-corrected chi connectivity index (χ2v) is 6.07. The average molecular weight is 376 g/mol. The molecule has 0 spiro atoms. The van der Waals surface area contributed by atoms with Gasteiger partial charge in [0.1, 0.15) is 5.82 Å². The quantitative estimate of drug-likeness (QED) is 0.353. The van der Waals surface area contributed by atoms with Crippen molar-refractivity contribution in [3.05, 3.63) is 77.7 Å². The van der Waals surface area contributed by atoms with Gasteiger partial charge in [0.25, 0.3) is 0 Å². The van der Waals surface area contributed by atoms with Crippen LogP contribution in [0.1, 0.15) is 22.3 Å². The highest BCUT2D eigenvalue weighted by atomic mass is 19.1. The van der Waals surface area contributed by atoms with Crippen LogP contribution < -0.4 is 0 Å². The number of ether oxygens (including phenoxy) is 1. The van der Waals surface area contributed by atoms with Crippen LogP contribution in [0.3, 0.4) is 0 Å². The largest absolute Gasteiger partial charge is 0.454 e. The summed E-state index contributed by atoms with van der Waals surface area (Å²) in [5, 5.41) is 9.75. The highest BCUT2D eigenvalue weighted by Crippen LogP contribution is 2.22. The molecule has 3 aromatic rings. The lowest BCUT2D eigenvalue weighted by Gasteiger charge is -2.01. The molecule has 0 amide bonds. The number of halogens is 1. The molecule has 0 radical (unpaired) electrons. The predicted molar refractivity (Wildman–Crippen MR) is 103 cm³/mol. The van der Waals surface area contributed by atoms with Crippen LogP contribution in [-0.2, 0) is 16.1 Å². The van der Waals surface area contributed by atoms with E-state index in [4.69, 9.17) is 10.00 Å². The molecule has 6 heteroatoms. The number of carbonyl (C=O) groups is 2. The maximum absolute atomic E-state index is 12.9. The number of fused-ring (bicyclic) bond motifs is 1. The second-order valence-electron chi connectivity index (χ2n) is 6.07. The molecule has 28 heavy (non-hydrogen) atoms. The third kappa shape index (κ3) is 4.51. The van der Waals surface area contributed by atoms with Crippen molar-refractivity contribution in [1.82, 2.24) is 4.57 Å². The normalized spacial score (nSPS) is 10.9. The van der Waals surface area contributed by atoms with Gasteiger partial charge in [-0.1, -0.05) is 18.2 Å². The Morgan fingerprint density at radius 3 is 2.64 bits per heavy atom. The van der Waals surface area contributed by atoms with Crippen LogP contribution >= 0.6 is 0 Å². The maximum Gasteiger partial charge on any atom is 0.331 e. The summed E-state index contributed by atoms with van der Waals surface area (Å²) in [6.45, 7) is 0.139. The molecule has 0 saturated heterocycles. The number of aryl methyl sites for hydroxylation is 1. The second kappa shape index (κ2) is 8.78. The lowest BCUT2D eigenvalue weighted by molar-refractivity contribution is -0.136. The van der Waals surface area contributed by atoms with Crippen LogP contribution in [0.25, 0.3) is 17.0 Å². The highest BCUT2D eigenvalue weighted by molar-refractivity contribution is 5.99. The molecule has 140 valence electrons. The van der Waals surface area contributed by atoms with Crippen molar-refractivity contribution in [2.45, 2.75) is 13.0 Å². The van der Waals surface area contributed by atoms with Crippen molar-refractivity contribution < 1.29 is 18.7 Å². The Balaban J connectivity index is 1.66. The van der Waals surface area contributed by atoms with E-state index in [1.807, 2.05) is 35.0 Å². The number of hydrogen-bond acceptors (Lipinski definition) is 4. The number of carbonyl (C=O) groups excluding carboxylic acids is 2. The van der Waals surface area contributed by atoms with Gasteiger partial charge in [0.15, 0.2) is 12.4 Å². The molecule has 0 N–H and O–H groups in total. The summed E-state index contributed by atoms with van der Waals surface area (Å²) in [6.07, 6.45) is 5.13. The third-order valence-corrected chi connectivity index (χ3v) is 4.19. The molecule has 0 aliphatic carbocycles. The Morgan fingerprint density at radius 2 is 1.89 bits per heavy atom. The number of rotatable bonds is 7. The Hall–Kier alpha value is -3.72. The Labute approximate surface area is 161 Å². The Kier molecular flexibility index (Phi) is 5.97. The van der Waals surface area contributed by atoms with Crippen LogP contribution in [0.5, 0.6) is 0 Å². The molecule has 0 bridgehead atoms. The minimum atomic E-state index is -0.649. The summed E-state index contributed by atoms with van der Waals surface area (Å²) in [7, 11) is 0. The number of esters is 1. The monoisotopic (exact) mass is 376 g/mol. The molecule has 0 fully saturated rings. The number of nitrogens with zero attached hydrogens (tertiary/aromatic N) is 2. The standard InChI is InChI=1S/C22H17FN2O3/c23-18-9-6-16(7-10-18)21(26)15-28-22(27)11-8-17-14-25(13-3-12-24)20-5-2-1-4-19(17)20/h1-2,4-11,14H,3,13,15H2/b11-8+. The third-order valence-electron chi connectivity index (χ3n) is 4.19. The van der Waals surface area contributed by atoms with Crippen molar-refractivity contribution >= 4 is 28.7 Å². The van der Waals surface area contributed by atoms with Gasteiger partial charge in [-0.2, -0.15) is 5.26 Å². The first-order valence-electron chi connectivity index (χ1n) is 8.67. The fourth-order valence-electron chi connectivity index (χ4n) is 2.83. The van der Waals surface area contributed by atoms with Crippen LogP contribution in [-0.4, -0.2) is 22.9 Å². The van der Waals surface area contributed by atoms with E-state index in [0.717, 1.165) is 16.5 Å². The van der Waals surface area contributed by atoms with Gasteiger partial charge in [-0.05, 0) is 36.4 Å². The molecule has 3 rings (SSSR count). The number of benzene rings is 2. The molecule has 0 unspecified atom stereocenters. The Bertz CT molecular complexity index is 1080. The highest BCUT2D eigenvalue weighted by Gasteiger charge is 2.10. The van der Waals surface area contributed by atoms with E-state index < -0.39 is 24.2 Å². The zero-order valence-electron chi connectivity index (χ0n) is 15.0. The van der Waals surface area contributed by atoms with E-state index in [-0.39, 0.29) is 5.56 Å². The Morgan fingerprint density at radius 1 is 1.14 bits per heavy atom. The minimum Gasteiger partial charge on any atom is -0.454 e. The summed E-state index contributed by atoms with van der Waals surface area (Å²) in [6, 6.07) is 14.9. The zero-order valence-corrected chi connectivity index (χ0v) is 15.0. The first-order chi connectivity index (χ1) is 13.6. The van der Waals surface area contributed by atoms with E-state index in [1.165, 1.54) is 30.3 Å². The van der Waals surface area contributed by atoms with Gasteiger partial charge in [0, 0.05) is 40.8 Å². The van der Waals surface area contributed by atoms with Crippen molar-refractivity contribution in [2.24, 2.45) is 0 Å². The number of aromatic nitrogens is 1. The molecule has 0 saturated carbocycles.